The van der Waals surface area contributed by atoms with E-state index in [9.17, 15) is 0 Å². The van der Waals surface area contributed by atoms with Crippen molar-refractivity contribution in [3.63, 3.8) is 0 Å². The van der Waals surface area contributed by atoms with Crippen molar-refractivity contribution in [1.82, 2.24) is 4.57 Å². The Hall–Kier alpha value is -6.90. The maximum atomic E-state index is 2.48. The van der Waals surface area contributed by atoms with Gasteiger partial charge in [-0.3, -0.25) is 0 Å². The normalized spacial score (nSPS) is 13.6. The van der Waals surface area contributed by atoms with Gasteiger partial charge >= 0.3 is 0 Å². The predicted molar refractivity (Wildman–Crippen MR) is 254 cm³/mol. The molecule has 0 amide bonds. The number of nitrogens with zero attached hydrogens (tertiary/aromatic N) is 2. The van der Waals surface area contributed by atoms with E-state index in [0.717, 1.165) is 25.7 Å². The fraction of sp³-hybridized carbons (Fsp3) is 0.123. The first-order valence-corrected chi connectivity index (χ1v) is 21.0. The van der Waals surface area contributed by atoms with Crippen LogP contribution in [0.5, 0.6) is 0 Å². The highest BCUT2D eigenvalue weighted by molar-refractivity contribution is 6.11. The number of aryl methyl sites for hydroxylation is 2. The summed E-state index contributed by atoms with van der Waals surface area (Å²) in [6, 6.07) is 61.4. The summed E-state index contributed by atoms with van der Waals surface area (Å²) in [5, 5.41) is 2.61. The average Bonchev–Trinajstić information content (AvgIpc) is 3.62. The van der Waals surface area contributed by atoms with Crippen LogP contribution in [-0.4, -0.2) is 4.57 Å². The Bertz CT molecular complexity index is 2850. The zero-order valence-electron chi connectivity index (χ0n) is 34.3. The molecule has 7 aromatic carbocycles. The van der Waals surface area contributed by atoms with Crippen molar-refractivity contribution in [1.29, 1.82) is 0 Å². The first kappa shape index (κ1) is 37.7. The summed E-state index contributed by atoms with van der Waals surface area (Å²) in [7, 11) is 0. The maximum absolute atomic E-state index is 2.48. The molecule has 2 aliphatic carbocycles. The molecule has 0 fully saturated rings. The summed E-state index contributed by atoms with van der Waals surface area (Å²) in [4.78, 5) is 2.40. The standard InChI is InChI=1S/C50H42N2.C7H8/c1-35-16-12-13-23-44(35)47-34-39(37-26-29-43(30-27-37)51(40-17-6-3-7-18-40)41-19-8-4-9-20-41)33-46(36(47)2)38-28-31-50-48(32-38)45-24-14-15-25-49(45)52(50)42-21-10-5-11-22-42;1-7-5-3-2-4-6-7/h3-10,12-21,23-26,28-29,31-34H,11,22,27,30H2,1-2H3;2-6H,1H3. The van der Waals surface area contributed by atoms with Gasteiger partial charge in [-0.1, -0.05) is 139 Å². The molecule has 59 heavy (non-hydrogen) atoms. The van der Waals surface area contributed by atoms with Gasteiger partial charge in [0, 0.05) is 33.5 Å². The van der Waals surface area contributed by atoms with E-state index >= 15 is 0 Å². The van der Waals surface area contributed by atoms with Gasteiger partial charge in [0.1, 0.15) is 0 Å². The number of benzene rings is 7. The number of fused-ring (bicyclic) bond motifs is 3. The van der Waals surface area contributed by atoms with Gasteiger partial charge < -0.3 is 9.47 Å². The molecule has 2 nitrogen and oxygen atoms in total. The third-order valence-electron chi connectivity index (χ3n) is 11.9. The van der Waals surface area contributed by atoms with E-state index < -0.39 is 0 Å². The second-order valence-electron chi connectivity index (χ2n) is 15.7. The van der Waals surface area contributed by atoms with Crippen LogP contribution < -0.4 is 4.90 Å². The predicted octanol–water partition coefficient (Wildman–Crippen LogP) is 15.8. The van der Waals surface area contributed by atoms with Crippen LogP contribution in [-0.2, 0) is 0 Å². The number of aromatic nitrogens is 1. The topological polar surface area (TPSA) is 8.17 Å². The molecule has 1 aromatic heterocycles. The molecule has 0 aliphatic heterocycles. The van der Waals surface area contributed by atoms with Crippen LogP contribution in [0, 0.1) is 20.8 Å². The maximum Gasteiger partial charge on any atom is 0.0538 e. The highest BCUT2D eigenvalue weighted by Crippen LogP contribution is 2.42. The summed E-state index contributed by atoms with van der Waals surface area (Å²) in [6.07, 6.45) is 15.5. The molecule has 0 N–H and O–H groups in total. The second-order valence-corrected chi connectivity index (χ2v) is 15.7. The smallest absolute Gasteiger partial charge is 0.0538 e. The first-order chi connectivity index (χ1) is 29.0. The minimum Gasteiger partial charge on any atom is -0.314 e. The fourth-order valence-corrected chi connectivity index (χ4v) is 8.80. The lowest BCUT2D eigenvalue weighted by atomic mass is 9.85. The molecule has 0 saturated heterocycles. The summed E-state index contributed by atoms with van der Waals surface area (Å²) in [5.74, 6) is 0. The van der Waals surface area contributed by atoms with Crippen molar-refractivity contribution in [3.05, 3.63) is 228 Å². The van der Waals surface area contributed by atoms with Gasteiger partial charge in [0.15, 0.2) is 0 Å². The van der Waals surface area contributed by atoms with Crippen molar-refractivity contribution in [3.8, 4) is 22.3 Å². The molecular formula is C57H50N2. The lowest BCUT2D eigenvalue weighted by Gasteiger charge is -2.30. The summed E-state index contributed by atoms with van der Waals surface area (Å²) in [6.45, 7) is 6.62. The lowest BCUT2D eigenvalue weighted by Crippen LogP contribution is -2.17. The highest BCUT2D eigenvalue weighted by Gasteiger charge is 2.21. The Morgan fingerprint density at radius 3 is 1.76 bits per heavy atom. The minimum atomic E-state index is 0.953. The Morgan fingerprint density at radius 2 is 1.12 bits per heavy atom. The largest absolute Gasteiger partial charge is 0.314 e. The SMILES string of the molecule is Cc1ccccc1.Cc1ccccc1-c1cc(C2=CC=C(N(c3ccccc3)c3ccccc3)CC2)cc(-c2ccc3c(c2)c2ccccc2n3C2=CC=CCC2)c1C. The Morgan fingerprint density at radius 1 is 0.475 bits per heavy atom. The summed E-state index contributed by atoms with van der Waals surface area (Å²) >= 11 is 0. The molecule has 0 spiro atoms. The zero-order valence-corrected chi connectivity index (χ0v) is 34.3. The van der Waals surface area contributed by atoms with E-state index in [-0.39, 0.29) is 0 Å². The molecule has 2 aliphatic rings. The van der Waals surface area contributed by atoms with Gasteiger partial charge in [-0.2, -0.15) is 0 Å². The van der Waals surface area contributed by atoms with Crippen LogP contribution in [0.25, 0.3) is 55.3 Å². The van der Waals surface area contributed by atoms with Crippen molar-refractivity contribution in [2.75, 3.05) is 4.90 Å². The number of rotatable bonds is 7. The van der Waals surface area contributed by atoms with Crippen LogP contribution in [0.3, 0.4) is 0 Å². The van der Waals surface area contributed by atoms with E-state index in [2.05, 4.69) is 212 Å². The van der Waals surface area contributed by atoms with Crippen molar-refractivity contribution in [2.45, 2.75) is 46.5 Å². The highest BCUT2D eigenvalue weighted by atomic mass is 15.1. The van der Waals surface area contributed by atoms with Gasteiger partial charge in [0.25, 0.3) is 0 Å². The molecule has 0 saturated carbocycles. The first-order valence-electron chi connectivity index (χ1n) is 21.0. The van der Waals surface area contributed by atoms with Crippen LogP contribution in [0.1, 0.15) is 47.9 Å². The monoisotopic (exact) mass is 762 g/mol. The van der Waals surface area contributed by atoms with Gasteiger partial charge in [0.05, 0.1) is 11.0 Å². The number of allylic oxidation sites excluding steroid dienone is 8. The number of para-hydroxylation sites is 3. The molecule has 288 valence electrons. The molecule has 8 aromatic rings. The van der Waals surface area contributed by atoms with E-state index in [0.29, 0.717) is 0 Å². The Labute approximate surface area is 349 Å². The molecule has 1 heterocycles. The Balaban J connectivity index is 0.000000583. The van der Waals surface area contributed by atoms with Crippen LogP contribution in [0.4, 0.5) is 11.4 Å². The molecule has 2 heteroatoms. The van der Waals surface area contributed by atoms with Crippen LogP contribution in [0.15, 0.2) is 206 Å². The van der Waals surface area contributed by atoms with E-state index in [1.807, 2.05) is 18.2 Å². The van der Waals surface area contributed by atoms with E-state index in [1.54, 1.807) is 0 Å². The molecule has 0 bridgehead atoms. The van der Waals surface area contributed by atoms with Gasteiger partial charge in [-0.15, -0.1) is 0 Å². The van der Waals surface area contributed by atoms with Gasteiger partial charge in [-0.25, -0.2) is 0 Å². The zero-order chi connectivity index (χ0) is 40.1. The third-order valence-corrected chi connectivity index (χ3v) is 11.9. The van der Waals surface area contributed by atoms with Crippen LogP contribution >= 0.6 is 0 Å². The minimum absolute atomic E-state index is 0.953. The van der Waals surface area contributed by atoms with E-state index in [4.69, 9.17) is 0 Å². The quantitative estimate of drug-likeness (QED) is 0.157. The van der Waals surface area contributed by atoms with Crippen molar-refractivity contribution >= 4 is 44.5 Å². The molecule has 10 rings (SSSR count). The van der Waals surface area contributed by atoms with Gasteiger partial charge in [0.2, 0.25) is 0 Å². The average molecular weight is 763 g/mol. The molecule has 0 atom stereocenters. The number of hydrogen-bond donors (Lipinski definition) is 0. The Kier molecular flexibility index (Phi) is 10.8. The fourth-order valence-electron chi connectivity index (χ4n) is 8.80. The summed E-state index contributed by atoms with van der Waals surface area (Å²) < 4.78 is 2.48. The molecule has 0 unspecified atom stereocenters. The molecule has 0 radical (unpaired) electrons. The lowest BCUT2D eigenvalue weighted by molar-refractivity contribution is 0.930. The van der Waals surface area contributed by atoms with Crippen LogP contribution in [0.2, 0.25) is 0 Å². The number of anilines is 2. The van der Waals surface area contributed by atoms with E-state index in [1.165, 1.54) is 94.7 Å². The second kappa shape index (κ2) is 16.9. The number of hydrogen-bond acceptors (Lipinski definition) is 1. The van der Waals surface area contributed by atoms with Crippen molar-refractivity contribution in [2.24, 2.45) is 0 Å². The molecular weight excluding hydrogens is 713 g/mol. The van der Waals surface area contributed by atoms with Crippen molar-refractivity contribution < 1.29 is 0 Å². The summed E-state index contributed by atoms with van der Waals surface area (Å²) in [5.41, 5.74) is 19.3. The third kappa shape index (κ3) is 7.75. The van der Waals surface area contributed by atoms with Gasteiger partial charge in [-0.05, 0) is 158 Å².